The number of carbonyl (C=O) groups is 1. The van der Waals surface area contributed by atoms with Crippen molar-refractivity contribution in [2.24, 2.45) is 0 Å². The molecule has 2 heterocycles. The number of fused-ring (bicyclic) bond motifs is 1. The number of amides is 1. The smallest absolute Gasteiger partial charge is 0.348 e. The second-order valence-corrected chi connectivity index (χ2v) is 8.80. The largest absolute Gasteiger partial charge is 0.350 e. The summed E-state index contributed by atoms with van der Waals surface area (Å²) >= 11 is 3.01. The highest BCUT2D eigenvalue weighted by Crippen LogP contribution is 2.29. The third-order valence-corrected chi connectivity index (χ3v) is 7.01. The van der Waals surface area contributed by atoms with Gasteiger partial charge in [0.2, 0.25) is 5.91 Å². The molecule has 152 valence electrons. The van der Waals surface area contributed by atoms with E-state index in [1.165, 1.54) is 11.8 Å². The third-order valence-electron chi connectivity index (χ3n) is 5.11. The van der Waals surface area contributed by atoms with Gasteiger partial charge in [-0.2, -0.15) is 4.98 Å². The van der Waals surface area contributed by atoms with Gasteiger partial charge in [0.05, 0.1) is 12.3 Å². The molecule has 0 saturated heterocycles. The van der Waals surface area contributed by atoms with E-state index >= 15 is 0 Å². The van der Waals surface area contributed by atoms with E-state index < -0.39 is 0 Å². The number of rotatable bonds is 10. The summed E-state index contributed by atoms with van der Waals surface area (Å²) in [4.78, 5) is 32.6. The van der Waals surface area contributed by atoms with E-state index in [4.69, 9.17) is 0 Å². The quantitative estimate of drug-likeness (QED) is 0.473. The summed E-state index contributed by atoms with van der Waals surface area (Å²) in [7, 11) is 0. The Morgan fingerprint density at radius 1 is 1.36 bits per heavy atom. The molecular formula is C20H28N4O2S2. The fourth-order valence-electron chi connectivity index (χ4n) is 3.50. The molecule has 0 bridgehead atoms. The Morgan fingerprint density at radius 2 is 2.18 bits per heavy atom. The molecule has 0 unspecified atom stereocenters. The van der Waals surface area contributed by atoms with Gasteiger partial charge < -0.3 is 10.2 Å². The average Bonchev–Trinajstić information content (AvgIpc) is 3.38. The van der Waals surface area contributed by atoms with E-state index in [1.54, 1.807) is 11.3 Å². The Bertz CT molecular complexity index is 845. The van der Waals surface area contributed by atoms with Crippen LogP contribution in [0.3, 0.4) is 0 Å². The predicted molar refractivity (Wildman–Crippen MR) is 115 cm³/mol. The monoisotopic (exact) mass is 420 g/mol. The molecule has 1 N–H and O–H groups in total. The van der Waals surface area contributed by atoms with Crippen LogP contribution in [-0.2, 0) is 30.7 Å². The number of nitrogens with one attached hydrogen (secondary N) is 1. The van der Waals surface area contributed by atoms with Gasteiger partial charge in [0.1, 0.15) is 5.03 Å². The van der Waals surface area contributed by atoms with Gasteiger partial charge in [0.15, 0.2) is 0 Å². The average molecular weight is 421 g/mol. The number of thiophene rings is 1. The van der Waals surface area contributed by atoms with Crippen molar-refractivity contribution < 1.29 is 4.79 Å². The van der Waals surface area contributed by atoms with Crippen molar-refractivity contribution in [2.75, 3.05) is 25.4 Å². The Morgan fingerprint density at radius 3 is 2.89 bits per heavy atom. The molecule has 2 aromatic rings. The first-order valence-corrected chi connectivity index (χ1v) is 11.8. The maximum atomic E-state index is 12.6. The van der Waals surface area contributed by atoms with E-state index in [0.29, 0.717) is 13.1 Å². The van der Waals surface area contributed by atoms with Gasteiger partial charge in [-0.1, -0.05) is 31.7 Å². The summed E-state index contributed by atoms with van der Waals surface area (Å²) in [5.41, 5.74) is 2.10. The Balaban J connectivity index is 1.64. The summed E-state index contributed by atoms with van der Waals surface area (Å²) in [5, 5.41) is 5.67. The second kappa shape index (κ2) is 10.2. The lowest BCUT2D eigenvalue weighted by Gasteiger charge is -2.20. The number of aromatic nitrogens is 2. The van der Waals surface area contributed by atoms with Gasteiger partial charge in [-0.15, -0.1) is 11.3 Å². The molecule has 6 nitrogen and oxygen atoms in total. The molecule has 0 saturated carbocycles. The Hall–Kier alpha value is -1.64. The van der Waals surface area contributed by atoms with Gasteiger partial charge in [-0.05, 0) is 43.8 Å². The van der Waals surface area contributed by atoms with Crippen LogP contribution in [0.5, 0.6) is 0 Å². The number of hydrogen-bond donors (Lipinski definition) is 1. The minimum absolute atomic E-state index is 0.0299. The van der Waals surface area contributed by atoms with Crippen molar-refractivity contribution >= 4 is 29.0 Å². The van der Waals surface area contributed by atoms with Crippen molar-refractivity contribution in [1.29, 1.82) is 0 Å². The topological polar surface area (TPSA) is 67.2 Å². The summed E-state index contributed by atoms with van der Waals surface area (Å²) in [6.45, 7) is 8.33. The zero-order chi connectivity index (χ0) is 19.9. The molecule has 1 aliphatic rings. The first-order chi connectivity index (χ1) is 13.6. The maximum Gasteiger partial charge on any atom is 0.348 e. The molecule has 2 aromatic heterocycles. The molecule has 0 fully saturated rings. The molecule has 1 aliphatic carbocycles. The zero-order valence-corrected chi connectivity index (χ0v) is 18.2. The lowest BCUT2D eigenvalue weighted by molar-refractivity contribution is -0.118. The zero-order valence-electron chi connectivity index (χ0n) is 16.6. The second-order valence-electron chi connectivity index (χ2n) is 6.80. The Kier molecular flexibility index (Phi) is 7.70. The van der Waals surface area contributed by atoms with Crippen LogP contribution in [0, 0.1) is 0 Å². The van der Waals surface area contributed by atoms with Crippen LogP contribution in [0.2, 0.25) is 0 Å². The molecule has 8 heteroatoms. The van der Waals surface area contributed by atoms with Crippen LogP contribution in [0.4, 0.5) is 0 Å². The van der Waals surface area contributed by atoms with Gasteiger partial charge >= 0.3 is 5.69 Å². The van der Waals surface area contributed by atoms with E-state index in [0.717, 1.165) is 60.1 Å². The van der Waals surface area contributed by atoms with Crippen molar-refractivity contribution in [1.82, 2.24) is 19.8 Å². The van der Waals surface area contributed by atoms with Crippen LogP contribution in [0.15, 0.2) is 27.3 Å². The third kappa shape index (κ3) is 5.24. The van der Waals surface area contributed by atoms with Crippen LogP contribution < -0.4 is 11.0 Å². The first kappa shape index (κ1) is 21.1. The van der Waals surface area contributed by atoms with Crippen LogP contribution in [0.25, 0.3) is 0 Å². The van der Waals surface area contributed by atoms with Crippen molar-refractivity contribution in [3.05, 3.63) is 44.1 Å². The molecule has 0 aliphatic heterocycles. The van der Waals surface area contributed by atoms with E-state index in [-0.39, 0.29) is 17.3 Å². The molecule has 28 heavy (non-hydrogen) atoms. The first-order valence-electron chi connectivity index (χ1n) is 9.89. The van der Waals surface area contributed by atoms with E-state index in [9.17, 15) is 9.59 Å². The lowest BCUT2D eigenvalue weighted by atomic mass is 10.2. The highest BCUT2D eigenvalue weighted by molar-refractivity contribution is 7.99. The molecular weight excluding hydrogens is 392 g/mol. The normalized spacial score (nSPS) is 13.1. The molecule has 0 spiro atoms. The summed E-state index contributed by atoms with van der Waals surface area (Å²) in [6, 6.07) is 3.98. The van der Waals surface area contributed by atoms with Gasteiger partial charge in [0.25, 0.3) is 0 Å². The maximum absolute atomic E-state index is 12.6. The molecule has 0 aromatic carbocycles. The van der Waals surface area contributed by atoms with Crippen molar-refractivity contribution in [2.45, 2.75) is 51.2 Å². The van der Waals surface area contributed by atoms with E-state index in [2.05, 4.69) is 29.0 Å². The van der Waals surface area contributed by atoms with Crippen molar-refractivity contribution in [3.63, 3.8) is 0 Å². The fraction of sp³-hybridized carbons (Fsp3) is 0.550. The summed E-state index contributed by atoms with van der Waals surface area (Å²) in [6.07, 6.45) is 2.90. The standard InChI is InChI=1S/C20H28N4O2S2/c1-3-23(4-2)10-11-24-17-9-5-8-16(17)19(22-20(24)26)28-14-18(25)21-13-15-7-6-12-27-15/h6-7,12H,3-5,8-11,13-14H2,1-2H3,(H,21,25). The number of thioether (sulfide) groups is 1. The lowest BCUT2D eigenvalue weighted by Crippen LogP contribution is -2.34. The SMILES string of the molecule is CCN(CC)CCn1c2c(c(SCC(=O)NCc3cccs3)nc1=O)CCC2. The molecule has 3 rings (SSSR count). The number of nitrogens with zero attached hydrogens (tertiary/aromatic N) is 3. The number of likely N-dealkylation sites (N-methyl/N-ethyl adjacent to an activating group) is 1. The highest BCUT2D eigenvalue weighted by Gasteiger charge is 2.22. The number of hydrogen-bond acceptors (Lipinski definition) is 6. The van der Waals surface area contributed by atoms with Gasteiger partial charge in [0, 0.05) is 29.2 Å². The van der Waals surface area contributed by atoms with Gasteiger partial charge in [-0.3, -0.25) is 9.36 Å². The van der Waals surface area contributed by atoms with E-state index in [1.807, 2.05) is 22.1 Å². The highest BCUT2D eigenvalue weighted by atomic mass is 32.2. The minimum Gasteiger partial charge on any atom is -0.350 e. The Labute approximate surface area is 174 Å². The molecule has 0 atom stereocenters. The molecule has 1 amide bonds. The van der Waals surface area contributed by atoms with Crippen LogP contribution >= 0.6 is 23.1 Å². The minimum atomic E-state index is -0.186. The fourth-order valence-corrected chi connectivity index (χ4v) is 5.05. The van der Waals surface area contributed by atoms with Crippen molar-refractivity contribution in [3.8, 4) is 0 Å². The van der Waals surface area contributed by atoms with Crippen LogP contribution in [0.1, 0.15) is 36.4 Å². The van der Waals surface area contributed by atoms with Gasteiger partial charge in [-0.25, -0.2) is 4.79 Å². The summed E-state index contributed by atoms with van der Waals surface area (Å²) < 4.78 is 1.85. The molecule has 0 radical (unpaired) electrons. The number of carbonyl (C=O) groups excluding carboxylic acids is 1. The summed E-state index contributed by atoms with van der Waals surface area (Å²) in [5.74, 6) is 0.255. The van der Waals surface area contributed by atoms with Crippen LogP contribution in [-0.4, -0.2) is 45.7 Å². The predicted octanol–water partition coefficient (Wildman–Crippen LogP) is 2.54.